The van der Waals surface area contributed by atoms with E-state index in [4.69, 9.17) is 4.74 Å². The number of rotatable bonds is 6. The number of carboxylic acids is 1. The fourth-order valence-electron chi connectivity index (χ4n) is 8.87. The van der Waals surface area contributed by atoms with Crippen molar-refractivity contribution in [2.75, 3.05) is 6.54 Å². The molecule has 8 atom stereocenters. The Labute approximate surface area is 303 Å². The zero-order chi connectivity index (χ0) is 36.2. The van der Waals surface area contributed by atoms with Gasteiger partial charge in [0.05, 0.1) is 12.2 Å². The molecule has 3 amide bonds. The van der Waals surface area contributed by atoms with Crippen molar-refractivity contribution in [3.05, 3.63) is 24.3 Å². The summed E-state index contributed by atoms with van der Waals surface area (Å²) in [6, 6.07) is -2.09. The third-order valence-corrected chi connectivity index (χ3v) is 11.8. The molecule has 3 saturated carbocycles. The monoisotopic (exact) mass is 711 g/mol. The van der Waals surface area contributed by atoms with Crippen LogP contribution in [0.2, 0.25) is 0 Å². The number of allylic oxidation sites excluding steroid dienone is 3. The van der Waals surface area contributed by atoms with Gasteiger partial charge >= 0.3 is 12.1 Å². The van der Waals surface area contributed by atoms with E-state index in [1.165, 1.54) is 49.8 Å². The van der Waals surface area contributed by atoms with Gasteiger partial charge in [-0.25, -0.2) is 20.4 Å². The summed E-state index contributed by atoms with van der Waals surface area (Å²) in [7, 11) is 0. The van der Waals surface area contributed by atoms with Gasteiger partial charge < -0.3 is 25.4 Å². The van der Waals surface area contributed by atoms with E-state index >= 15 is 0 Å². The number of carboxylic acid groups (broad SMARTS) is 1. The first kappa shape index (κ1) is 37.7. The molecule has 0 bridgehead atoms. The molecule has 2 saturated heterocycles. The molecule has 0 aromatic carbocycles. The van der Waals surface area contributed by atoms with Gasteiger partial charge in [-0.2, -0.15) is 10.7 Å². The second kappa shape index (κ2) is 16.3. The van der Waals surface area contributed by atoms with Crippen LogP contribution in [0, 0.1) is 23.7 Å². The first-order chi connectivity index (χ1) is 24.4. The number of fused-ring (bicyclic) bond motifs is 2. The molecule has 284 valence electrons. The minimum atomic E-state index is -1.38. The fourth-order valence-corrected chi connectivity index (χ4v) is 8.87. The zero-order valence-corrected chi connectivity index (χ0v) is 30.8. The molecule has 3 aliphatic carbocycles. The summed E-state index contributed by atoms with van der Waals surface area (Å²) in [6.45, 7) is 5.53. The maximum absolute atomic E-state index is 14.4. The Morgan fingerprint density at radius 3 is 2.45 bits per heavy atom. The number of aliphatic carboxylic acids is 1. The Kier molecular flexibility index (Phi) is 12.1. The smallest absolute Gasteiger partial charge is 0.408 e. The molecule has 3 heterocycles. The number of carbonyl (C=O) groups is 4. The van der Waals surface area contributed by atoms with Crippen LogP contribution in [-0.2, 0) is 19.1 Å². The van der Waals surface area contributed by atoms with E-state index in [0.29, 0.717) is 37.5 Å². The van der Waals surface area contributed by atoms with E-state index in [-0.39, 0.29) is 30.6 Å². The van der Waals surface area contributed by atoms with E-state index in [1.807, 2.05) is 17.3 Å². The van der Waals surface area contributed by atoms with Crippen LogP contribution in [0.15, 0.2) is 24.3 Å². The number of nitrogens with zero attached hydrogens (tertiary/aromatic N) is 2. The van der Waals surface area contributed by atoms with Crippen LogP contribution in [0.5, 0.6) is 0 Å². The number of hydrogen-bond donors (Lipinski definition) is 6. The molecule has 0 aromatic rings. The quantitative estimate of drug-likeness (QED) is 0.217. The lowest BCUT2D eigenvalue weighted by Crippen LogP contribution is -2.56. The Bertz CT molecular complexity index is 1330. The minimum Gasteiger partial charge on any atom is -0.479 e. The lowest BCUT2D eigenvalue weighted by atomic mass is 9.79. The molecule has 13 heteroatoms. The lowest BCUT2D eigenvalue weighted by molar-refractivity contribution is -0.145. The summed E-state index contributed by atoms with van der Waals surface area (Å²) in [5.74, 6) is -0.521. The maximum atomic E-state index is 14.4. The molecule has 0 radical (unpaired) electrons. The van der Waals surface area contributed by atoms with Crippen molar-refractivity contribution in [1.29, 1.82) is 0 Å². The van der Waals surface area contributed by atoms with Crippen molar-refractivity contribution in [2.24, 2.45) is 23.7 Å². The van der Waals surface area contributed by atoms with E-state index in [9.17, 15) is 24.3 Å². The normalized spacial score (nSPS) is 36.8. The second-order valence-corrected chi connectivity index (χ2v) is 16.9. The summed E-state index contributed by atoms with van der Waals surface area (Å²) < 4.78 is 5.52. The highest BCUT2D eigenvalue weighted by Crippen LogP contribution is 2.45. The molecule has 3 aliphatic heterocycles. The molecular weight excluding hydrogens is 650 g/mol. The Balaban J connectivity index is 1.16. The van der Waals surface area contributed by atoms with Crippen molar-refractivity contribution in [3.63, 3.8) is 0 Å². The maximum Gasteiger partial charge on any atom is 0.408 e. The summed E-state index contributed by atoms with van der Waals surface area (Å²) in [5, 5.41) is 17.7. The van der Waals surface area contributed by atoms with Crippen LogP contribution < -0.4 is 27.0 Å². The van der Waals surface area contributed by atoms with Gasteiger partial charge in [0.2, 0.25) is 11.8 Å². The van der Waals surface area contributed by atoms with Crippen molar-refractivity contribution in [3.8, 4) is 0 Å². The van der Waals surface area contributed by atoms with Gasteiger partial charge in [-0.05, 0) is 103 Å². The highest BCUT2D eigenvalue weighted by molar-refractivity contribution is 5.96. The van der Waals surface area contributed by atoms with Gasteiger partial charge in [-0.15, -0.1) is 0 Å². The number of hydrazine groups is 3. The average molecular weight is 712 g/mol. The van der Waals surface area contributed by atoms with Gasteiger partial charge in [-0.1, -0.05) is 62.8 Å². The predicted octanol–water partition coefficient (Wildman–Crippen LogP) is 4.43. The number of carbonyl (C=O) groups excluding carboxylic acids is 3. The zero-order valence-electron chi connectivity index (χ0n) is 30.8. The third kappa shape index (κ3) is 9.52. The van der Waals surface area contributed by atoms with Crippen molar-refractivity contribution in [1.82, 2.24) is 37.0 Å². The number of amides is 3. The third-order valence-electron chi connectivity index (χ3n) is 11.8. The van der Waals surface area contributed by atoms with Crippen molar-refractivity contribution in [2.45, 2.75) is 159 Å². The molecule has 5 fully saturated rings. The Hall–Kier alpha value is -3.00. The number of hydrogen-bond acceptors (Lipinski definition) is 9. The molecule has 3 unspecified atom stereocenters. The Morgan fingerprint density at radius 1 is 0.961 bits per heavy atom. The topological polar surface area (TPSA) is 164 Å². The van der Waals surface area contributed by atoms with E-state index in [1.54, 1.807) is 20.8 Å². The lowest BCUT2D eigenvalue weighted by Gasteiger charge is -2.32. The van der Waals surface area contributed by atoms with Crippen LogP contribution in [0.3, 0.4) is 0 Å². The fraction of sp³-hybridized carbons (Fsp3) is 0.789. The van der Waals surface area contributed by atoms with Crippen molar-refractivity contribution >= 4 is 23.9 Å². The molecule has 13 nitrogen and oxygen atoms in total. The molecular formula is C38H61N7O6. The molecule has 51 heavy (non-hydrogen) atoms. The Morgan fingerprint density at radius 2 is 1.69 bits per heavy atom. The standard InChI is InChI=1S/C38H61N7O6/c1-37(2,3)51-36(50)39-30-18-11-6-4-5-10-17-28-23-38(28,35(48)49)40-33(46)31-22-29(24-44(31)34(30)47)45-42-32(41-43-45)27-16-12-15-26(21-27)20-19-25-13-8-7-9-14-25/h10,17,19-20,25-32,41-43H,4-9,11-16,18,21-24H2,1-3H3,(H,39,50)(H,40,46)(H,48,49)/b17-10-,20-19+/t26?,27?,28-,29-,30-,31+,32?,38+/m1/s1. The summed E-state index contributed by atoms with van der Waals surface area (Å²) in [5.41, 5.74) is 8.20. The molecule has 0 aromatic heterocycles. The molecule has 6 aliphatic rings. The predicted molar refractivity (Wildman–Crippen MR) is 192 cm³/mol. The van der Waals surface area contributed by atoms with Crippen LogP contribution in [0.1, 0.15) is 124 Å². The van der Waals surface area contributed by atoms with Crippen LogP contribution >= 0.6 is 0 Å². The first-order valence-electron chi connectivity index (χ1n) is 19.7. The molecule has 0 spiro atoms. The average Bonchev–Trinajstić information content (AvgIpc) is 3.39. The highest BCUT2D eigenvalue weighted by Gasteiger charge is 2.61. The van der Waals surface area contributed by atoms with Gasteiger partial charge in [0.15, 0.2) is 0 Å². The SMILES string of the molecule is CC(C)(C)OC(=O)N[C@@H]1CCCCC/C=C\[C@@H]2C[C@]2(C(=O)O)NC(=O)[C@@H]2C[C@@H](N3NNC(C4CCCC(/C=C/C5CCCCC5)C4)N3)CN2C1=O. The van der Waals surface area contributed by atoms with Gasteiger partial charge in [0, 0.05) is 12.5 Å². The van der Waals surface area contributed by atoms with Gasteiger partial charge in [-0.3, -0.25) is 9.59 Å². The summed E-state index contributed by atoms with van der Waals surface area (Å²) in [4.78, 5) is 55.3. The molecule has 6 rings (SSSR count). The van der Waals surface area contributed by atoms with Crippen LogP contribution in [0.25, 0.3) is 0 Å². The highest BCUT2D eigenvalue weighted by atomic mass is 16.6. The largest absolute Gasteiger partial charge is 0.479 e. The number of ether oxygens (including phenoxy) is 1. The van der Waals surface area contributed by atoms with Gasteiger partial charge in [0.1, 0.15) is 23.2 Å². The second-order valence-electron chi connectivity index (χ2n) is 16.9. The van der Waals surface area contributed by atoms with Crippen molar-refractivity contribution < 1.29 is 29.0 Å². The van der Waals surface area contributed by atoms with Crippen LogP contribution in [0.4, 0.5) is 4.79 Å². The van der Waals surface area contributed by atoms with E-state index in [0.717, 1.165) is 38.0 Å². The molecule has 6 N–H and O–H groups in total. The van der Waals surface area contributed by atoms with E-state index in [2.05, 4.69) is 39.2 Å². The minimum absolute atomic E-state index is 0.00526. The number of alkyl carbamates (subject to hydrolysis) is 1. The van der Waals surface area contributed by atoms with E-state index < -0.39 is 41.2 Å². The first-order valence-corrected chi connectivity index (χ1v) is 19.7. The van der Waals surface area contributed by atoms with Crippen LogP contribution in [-0.4, -0.2) is 81.0 Å². The number of nitrogens with one attached hydrogen (secondary N) is 5. The summed E-state index contributed by atoms with van der Waals surface area (Å²) >= 11 is 0. The van der Waals surface area contributed by atoms with Gasteiger partial charge in [0.25, 0.3) is 0 Å². The summed E-state index contributed by atoms with van der Waals surface area (Å²) in [6.07, 6.45) is 23.6.